The van der Waals surface area contributed by atoms with Gasteiger partial charge in [-0.3, -0.25) is 4.68 Å². The van der Waals surface area contributed by atoms with Crippen molar-refractivity contribution in [3.8, 4) is 5.75 Å². The van der Waals surface area contributed by atoms with E-state index in [1.165, 1.54) is 0 Å². The highest BCUT2D eigenvalue weighted by Gasteiger charge is 2.02. The van der Waals surface area contributed by atoms with Crippen molar-refractivity contribution in [1.29, 1.82) is 0 Å². The molecule has 19 heavy (non-hydrogen) atoms. The van der Waals surface area contributed by atoms with Crippen LogP contribution in [-0.2, 0) is 6.54 Å². The molecule has 0 fully saturated rings. The number of rotatable bonds is 7. The number of ether oxygens (including phenoxy) is 1. The maximum absolute atomic E-state index is 5.66. The number of hydrogen-bond acceptors (Lipinski definition) is 3. The van der Waals surface area contributed by atoms with Gasteiger partial charge in [0.2, 0.25) is 0 Å². The Bertz CT molecular complexity index is 487. The Labute approximate surface area is 121 Å². The average Bonchev–Trinajstić information content (AvgIpc) is 2.87. The van der Waals surface area contributed by atoms with Gasteiger partial charge in [0.25, 0.3) is 0 Å². The topological polar surface area (TPSA) is 39.1 Å². The Morgan fingerprint density at radius 2 is 2.32 bits per heavy atom. The number of benzene rings is 1. The molecule has 5 heteroatoms. The summed E-state index contributed by atoms with van der Waals surface area (Å²) in [5.41, 5.74) is 0. The second-order valence-corrected chi connectivity index (χ2v) is 5.30. The fourth-order valence-electron chi connectivity index (χ4n) is 1.78. The summed E-state index contributed by atoms with van der Waals surface area (Å²) >= 11 is 3.42. The molecule has 0 aliphatic carbocycles. The van der Waals surface area contributed by atoms with Gasteiger partial charge in [0, 0.05) is 29.5 Å². The summed E-state index contributed by atoms with van der Waals surface area (Å²) in [6.45, 7) is 4.47. The van der Waals surface area contributed by atoms with Crippen LogP contribution in [-0.4, -0.2) is 29.0 Å². The lowest BCUT2D eigenvalue weighted by molar-refractivity contribution is 0.301. The van der Waals surface area contributed by atoms with Crippen molar-refractivity contribution in [2.45, 2.75) is 19.5 Å². The zero-order valence-electron chi connectivity index (χ0n) is 10.9. The quantitative estimate of drug-likeness (QED) is 0.796. The Balaban J connectivity index is 1.64. The fourth-order valence-corrected chi connectivity index (χ4v) is 2.16. The Morgan fingerprint density at radius 1 is 1.42 bits per heavy atom. The Morgan fingerprint density at radius 3 is 3.05 bits per heavy atom. The molecule has 1 aromatic carbocycles. The van der Waals surface area contributed by atoms with Gasteiger partial charge in [0.05, 0.1) is 6.54 Å². The maximum Gasteiger partial charge on any atom is 0.120 e. The first kappa shape index (κ1) is 14.1. The van der Waals surface area contributed by atoms with Gasteiger partial charge in [-0.2, -0.15) is 5.10 Å². The van der Waals surface area contributed by atoms with Gasteiger partial charge in [-0.05, 0) is 31.2 Å². The molecule has 0 aliphatic heterocycles. The lowest BCUT2D eigenvalue weighted by Crippen LogP contribution is -2.33. The van der Waals surface area contributed by atoms with Crippen molar-refractivity contribution in [3.63, 3.8) is 0 Å². The molecule has 0 bridgehead atoms. The summed E-state index contributed by atoms with van der Waals surface area (Å²) in [5, 5.41) is 7.59. The van der Waals surface area contributed by atoms with Crippen LogP contribution in [0.15, 0.2) is 47.2 Å². The largest absolute Gasteiger partial charge is 0.492 e. The molecule has 0 aliphatic rings. The molecule has 0 saturated heterocycles. The van der Waals surface area contributed by atoms with Crippen LogP contribution in [0.1, 0.15) is 6.92 Å². The third-order valence-electron chi connectivity index (χ3n) is 2.68. The lowest BCUT2D eigenvalue weighted by Gasteiger charge is -2.14. The number of nitrogens with one attached hydrogen (secondary N) is 1. The van der Waals surface area contributed by atoms with E-state index in [9.17, 15) is 0 Å². The minimum atomic E-state index is 0.367. The fraction of sp³-hybridized carbons (Fsp3) is 0.357. The van der Waals surface area contributed by atoms with E-state index < -0.39 is 0 Å². The smallest absolute Gasteiger partial charge is 0.120 e. The first-order valence-electron chi connectivity index (χ1n) is 6.33. The van der Waals surface area contributed by atoms with Crippen molar-refractivity contribution < 1.29 is 4.74 Å². The molecular formula is C14H18BrN3O. The molecule has 1 unspecified atom stereocenters. The first-order chi connectivity index (χ1) is 9.24. The van der Waals surface area contributed by atoms with Gasteiger partial charge in [-0.1, -0.05) is 22.0 Å². The second kappa shape index (κ2) is 7.31. The summed E-state index contributed by atoms with van der Waals surface area (Å²) in [4.78, 5) is 0. The highest BCUT2D eigenvalue weighted by Crippen LogP contribution is 2.17. The van der Waals surface area contributed by atoms with Crippen LogP contribution >= 0.6 is 15.9 Å². The zero-order valence-corrected chi connectivity index (χ0v) is 12.5. The van der Waals surface area contributed by atoms with Gasteiger partial charge in [0.1, 0.15) is 12.4 Å². The molecule has 102 valence electrons. The number of halogens is 1. The minimum absolute atomic E-state index is 0.367. The van der Waals surface area contributed by atoms with Crippen LogP contribution in [0.25, 0.3) is 0 Å². The SMILES string of the molecule is CC(Cn1cccn1)NCCOc1cccc(Br)c1. The van der Waals surface area contributed by atoms with Gasteiger partial charge in [0.15, 0.2) is 0 Å². The van der Waals surface area contributed by atoms with E-state index in [1.807, 2.05) is 41.2 Å². The van der Waals surface area contributed by atoms with Crippen LogP contribution in [0.3, 0.4) is 0 Å². The molecule has 0 amide bonds. The monoisotopic (exact) mass is 323 g/mol. The van der Waals surface area contributed by atoms with Crippen molar-refractivity contribution in [2.75, 3.05) is 13.2 Å². The van der Waals surface area contributed by atoms with Crippen molar-refractivity contribution in [1.82, 2.24) is 15.1 Å². The number of hydrogen-bond donors (Lipinski definition) is 1. The Kier molecular flexibility index (Phi) is 5.42. The minimum Gasteiger partial charge on any atom is -0.492 e. The summed E-state index contributed by atoms with van der Waals surface area (Å²) in [7, 11) is 0. The molecule has 1 heterocycles. The molecule has 0 saturated carbocycles. The molecule has 0 radical (unpaired) electrons. The van der Waals surface area contributed by atoms with Gasteiger partial charge < -0.3 is 10.1 Å². The van der Waals surface area contributed by atoms with Crippen LogP contribution < -0.4 is 10.1 Å². The van der Waals surface area contributed by atoms with E-state index in [0.717, 1.165) is 23.3 Å². The van der Waals surface area contributed by atoms with E-state index in [-0.39, 0.29) is 0 Å². The number of aromatic nitrogens is 2. The predicted octanol–water partition coefficient (Wildman–Crippen LogP) is 2.70. The van der Waals surface area contributed by atoms with E-state index in [2.05, 4.69) is 33.3 Å². The standard InChI is InChI=1S/C14H18BrN3O/c1-12(11-18-8-3-6-17-18)16-7-9-19-14-5-2-4-13(15)10-14/h2-6,8,10,12,16H,7,9,11H2,1H3. The molecule has 2 rings (SSSR count). The summed E-state index contributed by atoms with van der Waals surface area (Å²) in [6.07, 6.45) is 3.76. The van der Waals surface area contributed by atoms with Crippen LogP contribution in [0.4, 0.5) is 0 Å². The van der Waals surface area contributed by atoms with Gasteiger partial charge in [-0.25, -0.2) is 0 Å². The first-order valence-corrected chi connectivity index (χ1v) is 7.12. The highest BCUT2D eigenvalue weighted by molar-refractivity contribution is 9.10. The zero-order chi connectivity index (χ0) is 13.5. The van der Waals surface area contributed by atoms with Crippen LogP contribution in [0.5, 0.6) is 5.75 Å². The third-order valence-corrected chi connectivity index (χ3v) is 3.17. The summed E-state index contributed by atoms with van der Waals surface area (Å²) < 4.78 is 8.61. The van der Waals surface area contributed by atoms with Crippen LogP contribution in [0, 0.1) is 0 Å². The normalized spacial score (nSPS) is 12.3. The van der Waals surface area contributed by atoms with E-state index >= 15 is 0 Å². The lowest BCUT2D eigenvalue weighted by atomic mass is 10.3. The highest BCUT2D eigenvalue weighted by atomic mass is 79.9. The maximum atomic E-state index is 5.66. The van der Waals surface area contributed by atoms with E-state index in [1.54, 1.807) is 6.20 Å². The molecule has 0 spiro atoms. The predicted molar refractivity (Wildman–Crippen MR) is 79.3 cm³/mol. The molecule has 4 nitrogen and oxygen atoms in total. The van der Waals surface area contributed by atoms with Gasteiger partial charge in [-0.15, -0.1) is 0 Å². The summed E-state index contributed by atoms with van der Waals surface area (Å²) in [5.74, 6) is 0.885. The molecule has 1 atom stereocenters. The van der Waals surface area contributed by atoms with Crippen molar-refractivity contribution >= 4 is 15.9 Å². The molecular weight excluding hydrogens is 306 g/mol. The van der Waals surface area contributed by atoms with Crippen molar-refractivity contribution in [3.05, 3.63) is 47.2 Å². The third kappa shape index (κ3) is 5.04. The van der Waals surface area contributed by atoms with Gasteiger partial charge >= 0.3 is 0 Å². The van der Waals surface area contributed by atoms with E-state index in [0.29, 0.717) is 12.6 Å². The van der Waals surface area contributed by atoms with Crippen molar-refractivity contribution in [2.24, 2.45) is 0 Å². The molecule has 2 aromatic rings. The second-order valence-electron chi connectivity index (χ2n) is 4.39. The summed E-state index contributed by atoms with van der Waals surface area (Å²) in [6, 6.07) is 10.2. The Hall–Kier alpha value is -1.33. The number of nitrogens with zero attached hydrogens (tertiary/aromatic N) is 2. The molecule has 1 N–H and O–H groups in total. The molecule has 1 aromatic heterocycles. The van der Waals surface area contributed by atoms with E-state index in [4.69, 9.17) is 4.74 Å². The van der Waals surface area contributed by atoms with Crippen LogP contribution in [0.2, 0.25) is 0 Å². The average molecular weight is 324 g/mol.